The second-order valence-corrected chi connectivity index (χ2v) is 8.38. The number of hydrogen-bond donors (Lipinski definition) is 4. The maximum atomic E-state index is 12.3. The molecule has 0 radical (unpaired) electrons. The number of rotatable bonds is 7. The van der Waals surface area contributed by atoms with Crippen molar-refractivity contribution in [3.05, 3.63) is 42.7 Å². The number of nitrogens with two attached hydrogens (primary N) is 1. The lowest BCUT2D eigenvalue weighted by molar-refractivity contribution is -0.685. The molecular formula is C17H22N6O7P+. The molecule has 31 heavy (non-hydrogen) atoms. The third-order valence-corrected chi connectivity index (χ3v) is 5.83. The van der Waals surface area contributed by atoms with E-state index in [9.17, 15) is 19.7 Å². The van der Waals surface area contributed by atoms with Crippen molar-refractivity contribution in [2.24, 2.45) is 7.05 Å². The fraction of sp³-hybridized carbons (Fsp3) is 0.412. The number of ether oxygens (including phenoxy) is 1. The number of phosphoric acid groups is 1. The number of aliphatic hydroxyl groups excluding tert-OH is 2. The standard InChI is InChI=1S/C17H21N6O7P/c1-22-5-3-2-4-10(22)17(25)30-31(26,27)28-7-12-11(24)6-13(29-12)23-9-21-14-15(18)19-8-20-16(14)23/h2-5,8-9,11-13,17,24-25H,6-7H2,1H3,(H2-,18,19,20,26,27)/p+1/t11-,12+,13+,17?/m0/s1. The van der Waals surface area contributed by atoms with Gasteiger partial charge in [-0.25, -0.2) is 28.6 Å². The summed E-state index contributed by atoms with van der Waals surface area (Å²) in [6.45, 7) is -0.442. The van der Waals surface area contributed by atoms with Gasteiger partial charge < -0.3 is 25.6 Å². The van der Waals surface area contributed by atoms with Crippen molar-refractivity contribution < 1.29 is 38.0 Å². The lowest BCUT2D eigenvalue weighted by Crippen LogP contribution is -2.35. The van der Waals surface area contributed by atoms with Gasteiger partial charge in [-0.2, -0.15) is 0 Å². The number of nitrogens with zero attached hydrogens (tertiary/aromatic N) is 5. The number of pyridine rings is 1. The van der Waals surface area contributed by atoms with E-state index in [-0.39, 0.29) is 17.9 Å². The topological polar surface area (TPSA) is 179 Å². The van der Waals surface area contributed by atoms with E-state index in [1.165, 1.54) is 23.3 Å². The number of phosphoric ester groups is 1. The van der Waals surface area contributed by atoms with Gasteiger partial charge in [-0.3, -0.25) is 9.09 Å². The number of anilines is 1. The number of aryl methyl sites for hydroxylation is 1. The van der Waals surface area contributed by atoms with Gasteiger partial charge in [0.25, 0.3) is 6.29 Å². The van der Waals surface area contributed by atoms with Crippen LogP contribution in [-0.4, -0.2) is 53.4 Å². The molecule has 5 atom stereocenters. The molecule has 1 fully saturated rings. The molecule has 4 rings (SSSR count). The molecule has 4 heterocycles. The van der Waals surface area contributed by atoms with Crippen LogP contribution in [0.2, 0.25) is 0 Å². The monoisotopic (exact) mass is 453 g/mol. The van der Waals surface area contributed by atoms with Gasteiger partial charge in [-0.1, -0.05) is 0 Å². The molecule has 0 aromatic carbocycles. The lowest BCUT2D eigenvalue weighted by atomic mass is 10.2. The molecule has 5 N–H and O–H groups in total. The summed E-state index contributed by atoms with van der Waals surface area (Å²) in [6, 6.07) is 4.90. The first-order valence-electron chi connectivity index (χ1n) is 9.30. The lowest BCUT2D eigenvalue weighted by Gasteiger charge is -2.19. The minimum Gasteiger partial charge on any atom is -0.390 e. The van der Waals surface area contributed by atoms with Crippen molar-refractivity contribution in [2.75, 3.05) is 12.3 Å². The molecule has 0 bridgehead atoms. The summed E-state index contributed by atoms with van der Waals surface area (Å²) in [5.74, 6) is 0.214. The minimum atomic E-state index is -4.65. The van der Waals surface area contributed by atoms with E-state index in [0.717, 1.165) is 0 Å². The van der Waals surface area contributed by atoms with Crippen LogP contribution in [0.25, 0.3) is 11.2 Å². The Labute approximate surface area is 176 Å². The van der Waals surface area contributed by atoms with Crippen molar-refractivity contribution in [2.45, 2.75) is 31.1 Å². The number of nitrogen functional groups attached to an aromatic ring is 1. The van der Waals surface area contributed by atoms with E-state index in [0.29, 0.717) is 11.2 Å². The molecule has 0 aliphatic carbocycles. The zero-order valence-corrected chi connectivity index (χ0v) is 17.3. The number of fused-ring (bicyclic) bond motifs is 1. The predicted octanol–water partition coefficient (Wildman–Crippen LogP) is -0.294. The Bertz CT molecular complexity index is 1130. The van der Waals surface area contributed by atoms with Crippen molar-refractivity contribution in [3.63, 3.8) is 0 Å². The van der Waals surface area contributed by atoms with E-state index in [1.807, 2.05) is 0 Å². The molecule has 0 spiro atoms. The van der Waals surface area contributed by atoms with Crippen LogP contribution in [-0.2, 0) is 25.4 Å². The molecule has 14 heteroatoms. The zero-order valence-electron chi connectivity index (χ0n) is 16.4. The molecular weight excluding hydrogens is 431 g/mol. The SMILES string of the molecule is C[n+]1ccccc1C(O)OP(=O)(O)OC[C@H]1O[C@@H](n2cnc3c(N)ncnc32)C[C@@H]1O. The highest BCUT2D eigenvalue weighted by Gasteiger charge is 2.39. The van der Waals surface area contributed by atoms with E-state index >= 15 is 0 Å². The molecule has 1 saturated heterocycles. The van der Waals surface area contributed by atoms with Gasteiger partial charge >= 0.3 is 7.82 Å². The van der Waals surface area contributed by atoms with Crippen LogP contribution in [0.15, 0.2) is 37.1 Å². The van der Waals surface area contributed by atoms with Crippen LogP contribution in [0.4, 0.5) is 5.82 Å². The first-order valence-corrected chi connectivity index (χ1v) is 10.8. The van der Waals surface area contributed by atoms with Gasteiger partial charge in [0.15, 0.2) is 17.7 Å². The molecule has 2 unspecified atom stereocenters. The normalized spacial score (nSPS) is 24.3. The van der Waals surface area contributed by atoms with Crippen molar-refractivity contribution >= 4 is 24.8 Å². The maximum Gasteiger partial charge on any atom is 0.475 e. The van der Waals surface area contributed by atoms with Gasteiger partial charge in [0.1, 0.15) is 31.2 Å². The second-order valence-electron chi connectivity index (χ2n) is 6.97. The largest absolute Gasteiger partial charge is 0.475 e. The van der Waals surface area contributed by atoms with E-state index in [1.54, 1.807) is 29.9 Å². The Morgan fingerprint density at radius 1 is 1.42 bits per heavy atom. The molecule has 0 amide bonds. The van der Waals surface area contributed by atoms with Crippen LogP contribution in [0.3, 0.4) is 0 Å². The number of hydrogen-bond acceptors (Lipinski definition) is 10. The van der Waals surface area contributed by atoms with Crippen molar-refractivity contribution in [1.29, 1.82) is 0 Å². The summed E-state index contributed by atoms with van der Waals surface area (Å²) in [5, 5.41) is 20.4. The Kier molecular flexibility index (Phi) is 5.99. The van der Waals surface area contributed by atoms with E-state index in [4.69, 9.17) is 19.5 Å². The summed E-state index contributed by atoms with van der Waals surface area (Å²) in [5.41, 5.74) is 6.86. The van der Waals surface area contributed by atoms with Crippen LogP contribution >= 0.6 is 7.82 Å². The van der Waals surface area contributed by atoms with Crippen LogP contribution < -0.4 is 10.3 Å². The fourth-order valence-electron chi connectivity index (χ4n) is 3.29. The van der Waals surface area contributed by atoms with Gasteiger partial charge in [0, 0.05) is 18.6 Å². The molecule has 3 aromatic rings. The number of imidazole rings is 1. The van der Waals surface area contributed by atoms with Gasteiger partial charge in [-0.05, 0) is 6.07 Å². The Hall–Kier alpha value is -2.51. The highest BCUT2D eigenvalue weighted by atomic mass is 31.2. The van der Waals surface area contributed by atoms with Crippen molar-refractivity contribution in [3.8, 4) is 0 Å². The number of aromatic nitrogens is 5. The van der Waals surface area contributed by atoms with Gasteiger partial charge in [-0.15, -0.1) is 0 Å². The van der Waals surface area contributed by atoms with Crippen LogP contribution in [0, 0.1) is 0 Å². The molecule has 1 aliphatic rings. The maximum absolute atomic E-state index is 12.3. The molecule has 1 aliphatic heterocycles. The number of aliphatic hydroxyl groups is 2. The minimum absolute atomic E-state index is 0.169. The quantitative estimate of drug-likeness (QED) is 0.210. The Morgan fingerprint density at radius 2 is 2.23 bits per heavy atom. The molecule has 13 nitrogen and oxygen atoms in total. The summed E-state index contributed by atoms with van der Waals surface area (Å²) in [6.07, 6.45) is 0.331. The van der Waals surface area contributed by atoms with Crippen LogP contribution in [0.1, 0.15) is 24.6 Å². The van der Waals surface area contributed by atoms with Crippen LogP contribution in [0.5, 0.6) is 0 Å². The first kappa shape index (κ1) is 21.7. The summed E-state index contributed by atoms with van der Waals surface area (Å²) >= 11 is 0. The predicted molar refractivity (Wildman–Crippen MR) is 104 cm³/mol. The summed E-state index contributed by atoms with van der Waals surface area (Å²) in [7, 11) is -3.00. The Morgan fingerprint density at radius 3 is 3.00 bits per heavy atom. The smallest absolute Gasteiger partial charge is 0.390 e. The second kappa shape index (κ2) is 8.55. The first-order chi connectivity index (χ1) is 14.7. The molecule has 166 valence electrons. The highest BCUT2D eigenvalue weighted by Crippen LogP contribution is 2.47. The van der Waals surface area contributed by atoms with Gasteiger partial charge in [0.2, 0.25) is 5.69 Å². The Balaban J connectivity index is 1.39. The zero-order chi connectivity index (χ0) is 22.2. The third-order valence-electron chi connectivity index (χ3n) is 4.88. The fourth-order valence-corrected chi connectivity index (χ4v) is 4.04. The van der Waals surface area contributed by atoms with E-state index in [2.05, 4.69) is 15.0 Å². The average molecular weight is 453 g/mol. The van der Waals surface area contributed by atoms with E-state index < -0.39 is 39.2 Å². The summed E-state index contributed by atoms with van der Waals surface area (Å²) in [4.78, 5) is 22.1. The summed E-state index contributed by atoms with van der Waals surface area (Å²) < 4.78 is 30.9. The van der Waals surface area contributed by atoms with Gasteiger partial charge in [0.05, 0.1) is 19.0 Å². The molecule has 3 aromatic heterocycles. The average Bonchev–Trinajstić information content (AvgIpc) is 3.30. The molecule has 0 saturated carbocycles. The van der Waals surface area contributed by atoms with Crippen molar-refractivity contribution in [1.82, 2.24) is 19.5 Å². The highest BCUT2D eigenvalue weighted by molar-refractivity contribution is 7.47. The third kappa shape index (κ3) is 4.57.